The van der Waals surface area contributed by atoms with Crippen molar-refractivity contribution in [2.45, 2.75) is 12.8 Å². The molecule has 3 rings (SSSR count). The van der Waals surface area contributed by atoms with Gasteiger partial charge in [-0.1, -0.05) is 22.9 Å². The molecule has 0 bridgehead atoms. The summed E-state index contributed by atoms with van der Waals surface area (Å²) >= 11 is 7.40. The minimum absolute atomic E-state index is 0.210. The van der Waals surface area contributed by atoms with Crippen LogP contribution in [0.3, 0.4) is 0 Å². The van der Waals surface area contributed by atoms with Crippen molar-refractivity contribution in [2.24, 2.45) is 18.0 Å². The largest absolute Gasteiger partial charge is 0.319 e. The van der Waals surface area contributed by atoms with E-state index in [0.717, 1.165) is 10.2 Å². The van der Waals surface area contributed by atoms with Gasteiger partial charge in [-0.15, -0.1) is 0 Å². The Morgan fingerprint density at radius 2 is 2.17 bits per heavy atom. The highest BCUT2D eigenvalue weighted by Gasteiger charge is 2.30. The van der Waals surface area contributed by atoms with Gasteiger partial charge in [0.25, 0.3) is 5.91 Å². The van der Waals surface area contributed by atoms with Crippen LogP contribution in [0.4, 0.5) is 0 Å². The van der Waals surface area contributed by atoms with Crippen LogP contribution in [0.1, 0.15) is 12.8 Å². The summed E-state index contributed by atoms with van der Waals surface area (Å²) in [6.07, 6.45) is 2.51. The lowest BCUT2D eigenvalue weighted by atomic mass is 9.99. The molecule has 0 N–H and O–H groups in total. The van der Waals surface area contributed by atoms with E-state index in [-0.39, 0.29) is 18.4 Å². The first-order chi connectivity index (χ1) is 11.3. The molecule has 0 aliphatic carbocycles. The zero-order valence-electron chi connectivity index (χ0n) is 13.4. The SMILES string of the molecule is Cn1c(=NC(=O)C2CCCN(S(C)(=O)=O)C2)sc2cc(Cl)ccc21. The Morgan fingerprint density at radius 1 is 1.42 bits per heavy atom. The molecule has 1 unspecified atom stereocenters. The Labute approximate surface area is 149 Å². The molecular formula is C15H18ClN3O3S2. The van der Waals surface area contributed by atoms with Crippen LogP contribution in [0.2, 0.25) is 5.02 Å². The fourth-order valence-corrected chi connectivity index (χ4v) is 5.06. The van der Waals surface area contributed by atoms with Gasteiger partial charge in [0, 0.05) is 25.2 Å². The molecule has 1 aliphatic rings. The number of fused-ring (bicyclic) bond motifs is 1. The fourth-order valence-electron chi connectivity index (χ4n) is 2.85. The highest BCUT2D eigenvalue weighted by atomic mass is 35.5. The monoisotopic (exact) mass is 387 g/mol. The van der Waals surface area contributed by atoms with Gasteiger partial charge in [-0.3, -0.25) is 4.79 Å². The van der Waals surface area contributed by atoms with Gasteiger partial charge < -0.3 is 4.57 Å². The van der Waals surface area contributed by atoms with E-state index in [2.05, 4.69) is 4.99 Å². The van der Waals surface area contributed by atoms with E-state index < -0.39 is 10.0 Å². The van der Waals surface area contributed by atoms with Crippen LogP contribution < -0.4 is 4.80 Å². The molecule has 1 fully saturated rings. The van der Waals surface area contributed by atoms with E-state index in [1.807, 2.05) is 23.7 Å². The molecule has 0 radical (unpaired) electrons. The number of piperidine rings is 1. The topological polar surface area (TPSA) is 71.7 Å². The van der Waals surface area contributed by atoms with Crippen LogP contribution in [0.5, 0.6) is 0 Å². The molecule has 2 heterocycles. The van der Waals surface area contributed by atoms with E-state index in [4.69, 9.17) is 11.6 Å². The molecule has 1 aliphatic heterocycles. The maximum absolute atomic E-state index is 12.5. The second-order valence-corrected chi connectivity index (χ2v) is 9.39. The third kappa shape index (κ3) is 3.56. The molecule has 130 valence electrons. The number of thiazole rings is 1. The molecule has 0 saturated carbocycles. The van der Waals surface area contributed by atoms with Gasteiger partial charge in [-0.2, -0.15) is 4.99 Å². The third-order valence-electron chi connectivity index (χ3n) is 4.18. The average molecular weight is 388 g/mol. The van der Waals surface area contributed by atoms with Crippen molar-refractivity contribution in [3.8, 4) is 0 Å². The van der Waals surface area contributed by atoms with Crippen LogP contribution in [0.15, 0.2) is 23.2 Å². The maximum Gasteiger partial charge on any atom is 0.252 e. The highest BCUT2D eigenvalue weighted by Crippen LogP contribution is 2.22. The summed E-state index contributed by atoms with van der Waals surface area (Å²) in [5.41, 5.74) is 0.956. The van der Waals surface area contributed by atoms with Gasteiger partial charge in [-0.25, -0.2) is 12.7 Å². The second-order valence-electron chi connectivity index (χ2n) is 5.97. The summed E-state index contributed by atoms with van der Waals surface area (Å²) in [5, 5.41) is 0.637. The number of amides is 1. The molecule has 1 atom stereocenters. The highest BCUT2D eigenvalue weighted by molar-refractivity contribution is 7.88. The lowest BCUT2D eigenvalue weighted by Crippen LogP contribution is -2.41. The molecule has 2 aromatic rings. The molecule has 6 nitrogen and oxygen atoms in total. The van der Waals surface area contributed by atoms with Crippen LogP contribution in [0, 0.1) is 5.92 Å². The number of rotatable bonds is 2. The standard InChI is InChI=1S/C15H18ClN3O3S2/c1-18-12-6-5-11(16)8-13(12)23-15(18)17-14(20)10-4-3-7-19(9-10)24(2,21)22/h5-6,8,10H,3-4,7,9H2,1-2H3. The second kappa shape index (κ2) is 6.59. The van der Waals surface area contributed by atoms with Crippen LogP contribution >= 0.6 is 22.9 Å². The molecule has 1 saturated heterocycles. The molecule has 1 aromatic heterocycles. The quantitative estimate of drug-likeness (QED) is 0.791. The molecule has 9 heteroatoms. The Morgan fingerprint density at radius 3 is 2.88 bits per heavy atom. The van der Waals surface area contributed by atoms with Crippen LogP contribution in [-0.2, 0) is 21.9 Å². The lowest BCUT2D eigenvalue weighted by molar-refractivity contribution is -0.122. The Bertz CT molecular complexity index is 962. The Balaban J connectivity index is 1.91. The first-order valence-corrected chi connectivity index (χ1v) is 10.6. The van der Waals surface area contributed by atoms with Gasteiger partial charge in [-0.05, 0) is 31.0 Å². The lowest BCUT2D eigenvalue weighted by Gasteiger charge is -2.28. The van der Waals surface area contributed by atoms with E-state index in [9.17, 15) is 13.2 Å². The Hall–Kier alpha value is -1.22. The normalized spacial score (nSPS) is 20.6. The first-order valence-electron chi connectivity index (χ1n) is 7.54. The summed E-state index contributed by atoms with van der Waals surface area (Å²) in [7, 11) is -1.43. The zero-order chi connectivity index (χ0) is 17.5. The predicted octanol–water partition coefficient (Wildman–Crippen LogP) is 1.99. The number of benzene rings is 1. The minimum atomic E-state index is -3.28. The number of sulfonamides is 1. The van der Waals surface area contributed by atoms with Gasteiger partial charge in [0.1, 0.15) is 0 Å². The van der Waals surface area contributed by atoms with Crippen molar-refractivity contribution < 1.29 is 13.2 Å². The van der Waals surface area contributed by atoms with Crippen molar-refractivity contribution >= 4 is 49.1 Å². The minimum Gasteiger partial charge on any atom is -0.319 e. The van der Waals surface area contributed by atoms with Gasteiger partial charge in [0.05, 0.1) is 22.4 Å². The number of hydrogen-bond donors (Lipinski definition) is 0. The van der Waals surface area contributed by atoms with Crippen molar-refractivity contribution in [2.75, 3.05) is 19.3 Å². The van der Waals surface area contributed by atoms with Gasteiger partial charge in [0.15, 0.2) is 4.80 Å². The van der Waals surface area contributed by atoms with E-state index >= 15 is 0 Å². The summed E-state index contributed by atoms with van der Waals surface area (Å²) in [6, 6.07) is 5.54. The summed E-state index contributed by atoms with van der Waals surface area (Å²) in [5.74, 6) is -0.654. The van der Waals surface area contributed by atoms with Crippen molar-refractivity contribution in [1.29, 1.82) is 0 Å². The fraction of sp³-hybridized carbons (Fsp3) is 0.467. The maximum atomic E-state index is 12.5. The van der Waals surface area contributed by atoms with Crippen molar-refractivity contribution in [3.05, 3.63) is 28.0 Å². The average Bonchev–Trinajstić information content (AvgIpc) is 2.82. The number of aryl methyl sites for hydroxylation is 1. The first kappa shape index (κ1) is 17.6. The van der Waals surface area contributed by atoms with E-state index in [0.29, 0.717) is 29.2 Å². The van der Waals surface area contributed by atoms with Crippen molar-refractivity contribution in [3.63, 3.8) is 0 Å². The van der Waals surface area contributed by atoms with E-state index in [1.54, 1.807) is 6.07 Å². The molecule has 0 spiro atoms. The smallest absolute Gasteiger partial charge is 0.252 e. The van der Waals surface area contributed by atoms with Gasteiger partial charge >= 0.3 is 0 Å². The number of halogens is 1. The number of carbonyl (C=O) groups excluding carboxylic acids is 1. The van der Waals surface area contributed by atoms with E-state index in [1.165, 1.54) is 21.9 Å². The van der Waals surface area contributed by atoms with Crippen LogP contribution in [0.25, 0.3) is 10.2 Å². The zero-order valence-corrected chi connectivity index (χ0v) is 15.8. The number of aromatic nitrogens is 1. The summed E-state index contributed by atoms with van der Waals surface area (Å²) in [6.45, 7) is 0.680. The summed E-state index contributed by atoms with van der Waals surface area (Å²) in [4.78, 5) is 17.4. The molecule has 1 aromatic carbocycles. The molecule has 1 amide bonds. The number of carbonyl (C=O) groups is 1. The number of nitrogens with zero attached hydrogens (tertiary/aromatic N) is 3. The Kier molecular flexibility index (Phi) is 4.83. The molecular weight excluding hydrogens is 370 g/mol. The summed E-state index contributed by atoms with van der Waals surface area (Å²) < 4.78 is 27.5. The molecule has 24 heavy (non-hydrogen) atoms. The number of hydrogen-bond acceptors (Lipinski definition) is 4. The van der Waals surface area contributed by atoms with Crippen LogP contribution in [-0.4, -0.2) is 42.5 Å². The third-order valence-corrected chi connectivity index (χ3v) is 6.78. The van der Waals surface area contributed by atoms with Crippen molar-refractivity contribution in [1.82, 2.24) is 8.87 Å². The van der Waals surface area contributed by atoms with Gasteiger partial charge in [0.2, 0.25) is 10.0 Å². The predicted molar refractivity (Wildman–Crippen MR) is 95.5 cm³/mol.